The highest BCUT2D eigenvalue weighted by atomic mass is 14.1. The first-order valence-corrected chi connectivity index (χ1v) is 2.56. The van der Waals surface area contributed by atoms with Gasteiger partial charge in [0.1, 0.15) is 0 Å². The second kappa shape index (κ2) is 1.87. The van der Waals surface area contributed by atoms with Gasteiger partial charge in [0.05, 0.1) is 18.4 Å². The summed E-state index contributed by atoms with van der Waals surface area (Å²) >= 11 is 0. The van der Waals surface area contributed by atoms with Crippen LogP contribution in [0.1, 0.15) is 6.42 Å². The smallest absolute Gasteiger partial charge is 0.0901 e. The highest BCUT2D eigenvalue weighted by Crippen LogP contribution is 2.15. The highest BCUT2D eigenvalue weighted by molar-refractivity contribution is 5.12. The van der Waals surface area contributed by atoms with Crippen LogP contribution in [0.15, 0.2) is 24.8 Å². The van der Waals surface area contributed by atoms with Gasteiger partial charge in [-0.1, -0.05) is 6.08 Å². The van der Waals surface area contributed by atoms with E-state index in [0.29, 0.717) is 5.92 Å². The summed E-state index contributed by atoms with van der Waals surface area (Å²) in [4.78, 5) is 0. The number of hydrogen-bond donors (Lipinski definition) is 0. The Labute approximate surface area is 44.5 Å². The van der Waals surface area contributed by atoms with E-state index >= 15 is 0 Å². The molecule has 0 saturated carbocycles. The van der Waals surface area contributed by atoms with E-state index in [9.17, 15) is 0 Å². The van der Waals surface area contributed by atoms with Gasteiger partial charge in [-0.05, 0) is 0 Å². The van der Waals surface area contributed by atoms with Gasteiger partial charge in [-0.15, -0.1) is 6.58 Å². The summed E-state index contributed by atoms with van der Waals surface area (Å²) in [5.41, 5.74) is 0. The van der Waals surface area contributed by atoms with Crippen LogP contribution < -0.4 is 0 Å². The molecule has 0 amide bonds. The fourth-order valence-corrected chi connectivity index (χ4v) is 0.710. The molecule has 0 aliphatic heterocycles. The maximum atomic E-state index is 3.67. The lowest BCUT2D eigenvalue weighted by Gasteiger charge is -1.84. The Morgan fingerprint density at radius 1 is 1.86 bits per heavy atom. The van der Waals surface area contributed by atoms with Gasteiger partial charge in [0.2, 0.25) is 0 Å². The average molecular weight is 93.1 g/mol. The van der Waals surface area contributed by atoms with Gasteiger partial charge in [0, 0.05) is 12.5 Å². The molecule has 1 aliphatic rings. The lowest BCUT2D eigenvalue weighted by atomic mass is 10.1. The van der Waals surface area contributed by atoms with E-state index in [1.54, 1.807) is 0 Å². The zero-order valence-corrected chi connectivity index (χ0v) is 4.30. The van der Waals surface area contributed by atoms with Crippen molar-refractivity contribution >= 4 is 0 Å². The van der Waals surface area contributed by atoms with E-state index in [0.717, 1.165) is 6.42 Å². The Hall–Kier alpha value is -0.650. The summed E-state index contributed by atoms with van der Waals surface area (Å²) in [5, 5.41) is 0. The molecule has 0 N–H and O–H groups in total. The first-order chi connectivity index (χ1) is 3.43. The summed E-state index contributed by atoms with van der Waals surface area (Å²) in [5.74, 6) is 0.625. The molecule has 0 radical (unpaired) electrons. The van der Waals surface area contributed by atoms with Gasteiger partial charge in [-0.3, -0.25) is 0 Å². The van der Waals surface area contributed by atoms with Gasteiger partial charge in [0.15, 0.2) is 0 Å². The van der Waals surface area contributed by atoms with Gasteiger partial charge >= 0.3 is 0 Å². The number of hydrogen-bond acceptors (Lipinski definition) is 0. The zero-order chi connectivity index (χ0) is 5.11. The SMILES string of the molecule is C=C[C@H]1C=C[CH+]C1. The molecule has 1 aliphatic carbocycles. The summed E-state index contributed by atoms with van der Waals surface area (Å²) in [6.45, 7) is 3.67. The normalized spacial score (nSPS) is 27.1. The van der Waals surface area contributed by atoms with E-state index in [1.165, 1.54) is 0 Å². The second-order valence-corrected chi connectivity index (χ2v) is 1.76. The molecule has 1 rings (SSSR count). The fraction of sp³-hybridized carbons (Fsp3) is 0.286. The molecule has 0 unspecified atom stereocenters. The molecule has 36 valence electrons. The second-order valence-electron chi connectivity index (χ2n) is 1.76. The maximum Gasteiger partial charge on any atom is 0.0901 e. The maximum absolute atomic E-state index is 3.67. The van der Waals surface area contributed by atoms with E-state index in [4.69, 9.17) is 0 Å². The molecule has 0 aromatic rings. The van der Waals surface area contributed by atoms with E-state index in [2.05, 4.69) is 25.2 Å². The Bertz CT molecular complexity index is 90.2. The zero-order valence-electron chi connectivity index (χ0n) is 4.30. The van der Waals surface area contributed by atoms with Crippen molar-refractivity contribution in [1.82, 2.24) is 0 Å². The average Bonchev–Trinajstić information content (AvgIpc) is 2.14. The van der Waals surface area contributed by atoms with Crippen molar-refractivity contribution in [1.29, 1.82) is 0 Å². The third-order valence-corrected chi connectivity index (χ3v) is 1.21. The van der Waals surface area contributed by atoms with Crippen LogP contribution in [0, 0.1) is 12.3 Å². The summed E-state index contributed by atoms with van der Waals surface area (Å²) in [6, 6.07) is 0. The van der Waals surface area contributed by atoms with Crippen LogP contribution in [0.4, 0.5) is 0 Å². The van der Waals surface area contributed by atoms with Crippen molar-refractivity contribution in [3.05, 3.63) is 31.2 Å². The van der Waals surface area contributed by atoms with Crippen LogP contribution in [0.5, 0.6) is 0 Å². The molecule has 0 aromatic carbocycles. The fourth-order valence-electron chi connectivity index (χ4n) is 0.710. The number of allylic oxidation sites excluding steroid dienone is 3. The van der Waals surface area contributed by atoms with Crippen LogP contribution in [0.3, 0.4) is 0 Å². The molecule has 0 bridgehead atoms. The Balaban J connectivity index is 2.42. The molecule has 7 heavy (non-hydrogen) atoms. The van der Waals surface area contributed by atoms with Crippen LogP contribution in [-0.2, 0) is 0 Å². The van der Waals surface area contributed by atoms with E-state index in [-0.39, 0.29) is 0 Å². The van der Waals surface area contributed by atoms with Crippen molar-refractivity contribution in [3.63, 3.8) is 0 Å². The van der Waals surface area contributed by atoms with E-state index < -0.39 is 0 Å². The van der Waals surface area contributed by atoms with Crippen LogP contribution in [-0.4, -0.2) is 0 Å². The predicted molar refractivity (Wildman–Crippen MR) is 31.7 cm³/mol. The van der Waals surface area contributed by atoms with Gasteiger partial charge in [-0.25, -0.2) is 0 Å². The monoisotopic (exact) mass is 93.1 g/mol. The van der Waals surface area contributed by atoms with Crippen LogP contribution >= 0.6 is 0 Å². The molecule has 0 heteroatoms. The Morgan fingerprint density at radius 2 is 2.71 bits per heavy atom. The summed E-state index contributed by atoms with van der Waals surface area (Å²) in [6.07, 6.45) is 9.54. The molecule has 0 fully saturated rings. The molecule has 0 saturated heterocycles. The first-order valence-electron chi connectivity index (χ1n) is 2.56. The molecule has 0 nitrogen and oxygen atoms in total. The van der Waals surface area contributed by atoms with Crippen molar-refractivity contribution in [3.8, 4) is 0 Å². The van der Waals surface area contributed by atoms with Crippen molar-refractivity contribution in [2.75, 3.05) is 0 Å². The van der Waals surface area contributed by atoms with Crippen LogP contribution in [0.2, 0.25) is 0 Å². The third kappa shape index (κ3) is 0.861. The largest absolute Gasteiger partial charge is 0.101 e. The lowest BCUT2D eigenvalue weighted by Crippen LogP contribution is -1.80. The molecular formula is C7H9+. The lowest BCUT2D eigenvalue weighted by molar-refractivity contribution is 0.847. The van der Waals surface area contributed by atoms with Gasteiger partial charge < -0.3 is 0 Å². The summed E-state index contributed by atoms with van der Waals surface area (Å²) < 4.78 is 0. The highest BCUT2D eigenvalue weighted by Gasteiger charge is 2.11. The van der Waals surface area contributed by atoms with Gasteiger partial charge in [-0.2, -0.15) is 0 Å². The van der Waals surface area contributed by atoms with Crippen molar-refractivity contribution < 1.29 is 0 Å². The van der Waals surface area contributed by atoms with Crippen molar-refractivity contribution in [2.24, 2.45) is 5.92 Å². The molecular weight excluding hydrogens is 84.1 g/mol. The molecule has 0 heterocycles. The van der Waals surface area contributed by atoms with Gasteiger partial charge in [0.25, 0.3) is 0 Å². The molecule has 0 aromatic heterocycles. The standard InChI is InChI=1S/C7H9/c1-2-7-5-3-4-6-7/h2-5,7H,1,6H2/q+1/t7-/m0/s1. The topological polar surface area (TPSA) is 0 Å². The minimum atomic E-state index is 0.625. The summed E-state index contributed by atoms with van der Waals surface area (Å²) in [7, 11) is 0. The third-order valence-electron chi connectivity index (χ3n) is 1.21. The Kier molecular flexibility index (Phi) is 1.21. The first kappa shape index (κ1) is 4.51. The Morgan fingerprint density at radius 3 is 3.00 bits per heavy atom. The molecule has 1 atom stereocenters. The van der Waals surface area contributed by atoms with E-state index in [1.807, 2.05) is 6.08 Å². The number of rotatable bonds is 1. The quantitative estimate of drug-likeness (QED) is 0.343. The molecule has 0 spiro atoms. The van der Waals surface area contributed by atoms with Crippen molar-refractivity contribution in [2.45, 2.75) is 6.42 Å². The van der Waals surface area contributed by atoms with Crippen LogP contribution in [0.25, 0.3) is 0 Å². The predicted octanol–water partition coefficient (Wildman–Crippen LogP) is 1.95. The minimum Gasteiger partial charge on any atom is -0.101 e. The minimum absolute atomic E-state index is 0.625.